The molecule has 0 bridgehead atoms. The highest BCUT2D eigenvalue weighted by molar-refractivity contribution is 7.99. The topological polar surface area (TPSA) is 41.6 Å². The van der Waals surface area contributed by atoms with Crippen LogP contribution in [0.15, 0.2) is 18.2 Å². The molecule has 1 amide bonds. The van der Waals surface area contributed by atoms with Gasteiger partial charge in [0.05, 0.1) is 12.1 Å². The molecule has 6 heteroatoms. The van der Waals surface area contributed by atoms with Crippen LogP contribution in [-0.2, 0) is 4.79 Å². The summed E-state index contributed by atoms with van der Waals surface area (Å²) in [5, 5.41) is 3.47. The second kappa shape index (κ2) is 9.86. The number of rotatable bonds is 6. The van der Waals surface area contributed by atoms with Crippen molar-refractivity contribution < 1.29 is 9.53 Å². The minimum absolute atomic E-state index is 0.0671. The molecule has 2 aliphatic rings. The van der Waals surface area contributed by atoms with Crippen molar-refractivity contribution in [3.8, 4) is 5.75 Å². The monoisotopic (exact) mass is 396 g/mol. The lowest BCUT2D eigenvalue weighted by atomic mass is 9.91. The molecule has 0 radical (unpaired) electrons. The van der Waals surface area contributed by atoms with Crippen molar-refractivity contribution in [2.75, 3.05) is 37.0 Å². The maximum Gasteiger partial charge on any atom is 0.224 e. The lowest BCUT2D eigenvalue weighted by molar-refractivity contribution is -0.116. The lowest BCUT2D eigenvalue weighted by Crippen LogP contribution is -2.44. The molecule has 2 saturated heterocycles. The molecule has 0 saturated carbocycles. The number of anilines is 1. The molecule has 0 aromatic heterocycles. The van der Waals surface area contributed by atoms with Crippen LogP contribution in [0.1, 0.15) is 38.5 Å². The number of piperidine rings is 1. The largest absolute Gasteiger partial charge is 0.495 e. The van der Waals surface area contributed by atoms with Crippen LogP contribution >= 0.6 is 23.4 Å². The van der Waals surface area contributed by atoms with Crippen molar-refractivity contribution in [3.05, 3.63) is 23.2 Å². The molecular weight excluding hydrogens is 368 g/mol. The Kier molecular flexibility index (Phi) is 7.52. The Bertz CT molecular complexity index is 607. The summed E-state index contributed by atoms with van der Waals surface area (Å²) in [4.78, 5) is 15.0. The van der Waals surface area contributed by atoms with Gasteiger partial charge in [-0.3, -0.25) is 4.79 Å². The highest BCUT2D eigenvalue weighted by atomic mass is 35.5. The molecule has 2 fully saturated rings. The zero-order chi connectivity index (χ0) is 18.4. The van der Waals surface area contributed by atoms with Crippen LogP contribution in [0.5, 0.6) is 5.75 Å². The van der Waals surface area contributed by atoms with Gasteiger partial charge in [0.25, 0.3) is 0 Å². The smallest absolute Gasteiger partial charge is 0.224 e. The molecule has 1 atom stereocenters. The number of amides is 1. The zero-order valence-corrected chi connectivity index (χ0v) is 17.1. The van der Waals surface area contributed by atoms with Gasteiger partial charge in [0.2, 0.25) is 5.91 Å². The first kappa shape index (κ1) is 19.8. The number of carbonyl (C=O) groups is 1. The third kappa shape index (κ3) is 5.54. The highest BCUT2D eigenvalue weighted by Crippen LogP contribution is 2.29. The maximum absolute atomic E-state index is 12.3. The second-order valence-corrected chi connectivity index (χ2v) is 8.91. The summed E-state index contributed by atoms with van der Waals surface area (Å²) in [5.41, 5.74) is 0.728. The number of methoxy groups -OCH3 is 1. The lowest BCUT2D eigenvalue weighted by Gasteiger charge is -2.40. The number of hydrogen-bond acceptors (Lipinski definition) is 4. The quantitative estimate of drug-likeness (QED) is 0.758. The van der Waals surface area contributed by atoms with Gasteiger partial charge >= 0.3 is 0 Å². The maximum atomic E-state index is 12.3. The minimum atomic E-state index is 0.0671. The van der Waals surface area contributed by atoms with Gasteiger partial charge in [-0.25, -0.2) is 0 Å². The number of ether oxygens (including phenoxy) is 1. The van der Waals surface area contributed by atoms with Crippen LogP contribution in [0.4, 0.5) is 5.69 Å². The van der Waals surface area contributed by atoms with Gasteiger partial charge in [-0.05, 0) is 74.3 Å². The van der Waals surface area contributed by atoms with Gasteiger partial charge in [0.1, 0.15) is 5.75 Å². The number of nitrogens with one attached hydrogen (secondary N) is 1. The SMILES string of the molecule is COc1ccc(NC(=O)CC[C@@H]2CCCN(C3CCSCC3)C2)cc1Cl. The fourth-order valence-electron chi connectivity index (χ4n) is 4.02. The molecule has 0 unspecified atom stereocenters. The summed E-state index contributed by atoms with van der Waals surface area (Å²) in [6.45, 7) is 2.40. The first-order valence-electron chi connectivity index (χ1n) is 9.61. The first-order chi connectivity index (χ1) is 12.7. The van der Waals surface area contributed by atoms with E-state index in [1.165, 1.54) is 43.7 Å². The predicted molar refractivity (Wildman–Crippen MR) is 111 cm³/mol. The fourth-order valence-corrected chi connectivity index (χ4v) is 5.36. The molecule has 144 valence electrons. The van der Waals surface area contributed by atoms with Gasteiger partial charge in [-0.1, -0.05) is 11.6 Å². The van der Waals surface area contributed by atoms with E-state index in [0.29, 0.717) is 23.1 Å². The average molecular weight is 397 g/mol. The van der Waals surface area contributed by atoms with Gasteiger partial charge in [0.15, 0.2) is 0 Å². The van der Waals surface area contributed by atoms with E-state index in [4.69, 9.17) is 16.3 Å². The van der Waals surface area contributed by atoms with Crippen molar-refractivity contribution >= 4 is 35.0 Å². The molecule has 1 N–H and O–H groups in total. The summed E-state index contributed by atoms with van der Waals surface area (Å²) in [6, 6.07) is 6.11. The van der Waals surface area contributed by atoms with Crippen molar-refractivity contribution in [1.82, 2.24) is 4.90 Å². The van der Waals surface area contributed by atoms with Crippen molar-refractivity contribution in [3.63, 3.8) is 0 Å². The van der Waals surface area contributed by atoms with Gasteiger partial charge in [-0.2, -0.15) is 11.8 Å². The van der Waals surface area contributed by atoms with E-state index in [9.17, 15) is 4.79 Å². The molecule has 26 heavy (non-hydrogen) atoms. The van der Waals surface area contributed by atoms with Crippen molar-refractivity contribution in [2.24, 2.45) is 5.92 Å². The number of benzene rings is 1. The number of likely N-dealkylation sites (tertiary alicyclic amines) is 1. The van der Waals surface area contributed by atoms with Crippen molar-refractivity contribution in [2.45, 2.75) is 44.6 Å². The van der Waals surface area contributed by atoms with E-state index >= 15 is 0 Å². The summed E-state index contributed by atoms with van der Waals surface area (Å²) >= 11 is 8.20. The number of thioether (sulfide) groups is 1. The molecule has 1 aromatic carbocycles. The van der Waals surface area contributed by atoms with Crippen LogP contribution in [0.2, 0.25) is 5.02 Å². The van der Waals surface area contributed by atoms with Crippen LogP contribution in [0.25, 0.3) is 0 Å². The zero-order valence-electron chi connectivity index (χ0n) is 15.5. The van der Waals surface area contributed by atoms with E-state index in [2.05, 4.69) is 22.0 Å². The summed E-state index contributed by atoms with van der Waals surface area (Å²) < 4.78 is 5.14. The molecule has 2 aliphatic heterocycles. The second-order valence-electron chi connectivity index (χ2n) is 7.28. The molecule has 0 aliphatic carbocycles. The standard InChI is InChI=1S/C20H29ClN2O2S/c1-25-19-6-5-16(13-18(19)21)22-20(24)7-4-15-3-2-10-23(14-15)17-8-11-26-12-9-17/h5-6,13,15,17H,2-4,7-12,14H2,1H3,(H,22,24)/t15-/m0/s1. The van der Waals surface area contributed by atoms with Crippen LogP contribution in [0, 0.1) is 5.92 Å². The fraction of sp³-hybridized carbons (Fsp3) is 0.650. The Labute approximate surface area is 166 Å². The van der Waals surface area contributed by atoms with Crippen molar-refractivity contribution in [1.29, 1.82) is 0 Å². The van der Waals surface area contributed by atoms with E-state index < -0.39 is 0 Å². The Balaban J connectivity index is 1.44. The minimum Gasteiger partial charge on any atom is -0.495 e. The van der Waals surface area contributed by atoms with Gasteiger partial charge in [-0.15, -0.1) is 0 Å². The Morgan fingerprint density at radius 2 is 2.15 bits per heavy atom. The number of halogens is 1. The number of hydrogen-bond donors (Lipinski definition) is 1. The Morgan fingerprint density at radius 1 is 1.35 bits per heavy atom. The third-order valence-electron chi connectivity index (χ3n) is 5.47. The molecule has 1 aromatic rings. The summed E-state index contributed by atoms with van der Waals surface area (Å²) in [5.74, 6) is 3.94. The van der Waals surface area contributed by atoms with E-state index in [1.54, 1.807) is 19.2 Å². The Hall–Kier alpha value is -0.910. The molecule has 3 rings (SSSR count). The molecule has 2 heterocycles. The Morgan fingerprint density at radius 3 is 2.88 bits per heavy atom. The van der Waals surface area contributed by atoms with E-state index in [-0.39, 0.29) is 5.91 Å². The van der Waals surface area contributed by atoms with Crippen LogP contribution < -0.4 is 10.1 Å². The normalized spacial score (nSPS) is 22.2. The van der Waals surface area contributed by atoms with E-state index in [1.807, 2.05) is 6.07 Å². The highest BCUT2D eigenvalue weighted by Gasteiger charge is 2.27. The molecule has 0 spiro atoms. The number of carbonyl (C=O) groups excluding carboxylic acids is 1. The van der Waals surface area contributed by atoms with Gasteiger partial charge in [0, 0.05) is 24.7 Å². The molecule has 4 nitrogen and oxygen atoms in total. The summed E-state index contributed by atoms with van der Waals surface area (Å²) in [7, 11) is 1.58. The molecular formula is C20H29ClN2O2S. The van der Waals surface area contributed by atoms with Crippen LogP contribution in [-0.4, -0.2) is 48.6 Å². The third-order valence-corrected chi connectivity index (χ3v) is 6.82. The number of nitrogens with zero attached hydrogens (tertiary/aromatic N) is 1. The summed E-state index contributed by atoms with van der Waals surface area (Å²) in [6.07, 6.45) is 6.71. The van der Waals surface area contributed by atoms with Gasteiger partial charge < -0.3 is 15.0 Å². The van der Waals surface area contributed by atoms with Crippen LogP contribution in [0.3, 0.4) is 0 Å². The predicted octanol–water partition coefficient (Wildman–Crippen LogP) is 4.67. The first-order valence-corrected chi connectivity index (χ1v) is 11.1. The van der Waals surface area contributed by atoms with E-state index in [0.717, 1.165) is 24.7 Å². The average Bonchev–Trinajstić information content (AvgIpc) is 2.67.